The highest BCUT2D eigenvalue weighted by molar-refractivity contribution is 5.84. The molecule has 1 N–H and O–H groups in total. The maximum atomic E-state index is 14.0. The Morgan fingerprint density at radius 1 is 1.33 bits per heavy atom. The number of halogens is 1. The van der Waals surface area contributed by atoms with E-state index in [-0.39, 0.29) is 23.9 Å². The number of nitrogens with one attached hydrogen (secondary N) is 1. The SMILES string of the molecule is CCC1NC(c2ccccc2F)N(CCCC(C)C)C1=O. The van der Waals surface area contributed by atoms with Crippen LogP contribution in [0.3, 0.4) is 0 Å². The fourth-order valence-corrected chi connectivity index (χ4v) is 2.84. The van der Waals surface area contributed by atoms with Gasteiger partial charge in [0.2, 0.25) is 5.91 Å². The zero-order valence-corrected chi connectivity index (χ0v) is 13.1. The summed E-state index contributed by atoms with van der Waals surface area (Å²) in [6.07, 6.45) is 2.41. The molecule has 1 heterocycles. The maximum absolute atomic E-state index is 14.0. The number of nitrogens with zero attached hydrogens (tertiary/aromatic N) is 1. The van der Waals surface area contributed by atoms with Gasteiger partial charge in [-0.25, -0.2) is 4.39 Å². The van der Waals surface area contributed by atoms with E-state index in [1.807, 2.05) is 13.0 Å². The first kappa shape index (κ1) is 16.0. The van der Waals surface area contributed by atoms with Crippen LogP contribution in [-0.2, 0) is 4.79 Å². The summed E-state index contributed by atoms with van der Waals surface area (Å²) >= 11 is 0. The van der Waals surface area contributed by atoms with Crippen molar-refractivity contribution in [3.63, 3.8) is 0 Å². The van der Waals surface area contributed by atoms with E-state index in [1.54, 1.807) is 17.0 Å². The zero-order chi connectivity index (χ0) is 15.4. The standard InChI is InChI=1S/C17H25FN2O/c1-4-15-17(21)20(11-7-8-12(2)3)16(19-15)13-9-5-6-10-14(13)18/h5-6,9-10,12,15-16,19H,4,7-8,11H2,1-3H3. The van der Waals surface area contributed by atoms with Gasteiger partial charge >= 0.3 is 0 Å². The largest absolute Gasteiger partial charge is 0.321 e. The monoisotopic (exact) mass is 292 g/mol. The minimum absolute atomic E-state index is 0.0921. The van der Waals surface area contributed by atoms with Gasteiger partial charge in [0.15, 0.2) is 0 Å². The van der Waals surface area contributed by atoms with Gasteiger partial charge < -0.3 is 4.90 Å². The van der Waals surface area contributed by atoms with E-state index < -0.39 is 0 Å². The first-order valence-corrected chi connectivity index (χ1v) is 7.85. The predicted molar refractivity (Wildman–Crippen MR) is 82.1 cm³/mol. The lowest BCUT2D eigenvalue weighted by atomic mass is 10.1. The number of carbonyl (C=O) groups is 1. The number of rotatable bonds is 6. The third-order valence-corrected chi connectivity index (χ3v) is 4.04. The summed E-state index contributed by atoms with van der Waals surface area (Å²) in [6, 6.07) is 6.50. The molecule has 1 aromatic carbocycles. The minimum Gasteiger partial charge on any atom is -0.321 e. The molecule has 2 atom stereocenters. The Hall–Kier alpha value is -1.42. The minimum atomic E-state index is -0.337. The second-order valence-electron chi connectivity index (χ2n) is 6.12. The summed E-state index contributed by atoms with van der Waals surface area (Å²) in [7, 11) is 0. The van der Waals surface area contributed by atoms with Gasteiger partial charge in [0.1, 0.15) is 12.0 Å². The molecule has 1 saturated heterocycles. The quantitative estimate of drug-likeness (QED) is 0.870. The Kier molecular flexibility index (Phi) is 5.34. The molecule has 2 unspecified atom stereocenters. The molecular weight excluding hydrogens is 267 g/mol. The lowest BCUT2D eigenvalue weighted by Gasteiger charge is -2.25. The molecule has 0 spiro atoms. The molecule has 0 bridgehead atoms. The van der Waals surface area contributed by atoms with E-state index in [9.17, 15) is 9.18 Å². The van der Waals surface area contributed by atoms with Crippen LogP contribution in [0, 0.1) is 11.7 Å². The highest BCUT2D eigenvalue weighted by atomic mass is 19.1. The molecule has 0 aliphatic carbocycles. The summed E-state index contributed by atoms with van der Waals surface area (Å²) in [5, 5.41) is 3.27. The van der Waals surface area contributed by atoms with Crippen LogP contribution in [0.1, 0.15) is 51.8 Å². The molecule has 3 nitrogen and oxygen atoms in total. The second-order valence-corrected chi connectivity index (χ2v) is 6.12. The summed E-state index contributed by atoms with van der Waals surface area (Å²) in [4.78, 5) is 14.2. The topological polar surface area (TPSA) is 32.3 Å². The van der Waals surface area contributed by atoms with Gasteiger partial charge in [-0.2, -0.15) is 0 Å². The van der Waals surface area contributed by atoms with Crippen LogP contribution in [0.4, 0.5) is 4.39 Å². The van der Waals surface area contributed by atoms with E-state index in [0.717, 1.165) is 19.3 Å². The van der Waals surface area contributed by atoms with Gasteiger partial charge in [0.05, 0.1) is 6.04 Å². The van der Waals surface area contributed by atoms with E-state index in [0.29, 0.717) is 18.0 Å². The van der Waals surface area contributed by atoms with Crippen LogP contribution in [-0.4, -0.2) is 23.4 Å². The fraction of sp³-hybridized carbons (Fsp3) is 0.588. The van der Waals surface area contributed by atoms with Gasteiger partial charge in [0.25, 0.3) is 0 Å². The van der Waals surface area contributed by atoms with E-state index in [2.05, 4.69) is 19.2 Å². The summed E-state index contributed by atoms with van der Waals surface area (Å²) in [5.74, 6) is 0.451. The second kappa shape index (κ2) is 7.03. The Bertz CT molecular complexity index is 489. The van der Waals surface area contributed by atoms with E-state index in [4.69, 9.17) is 0 Å². The average molecular weight is 292 g/mol. The summed E-state index contributed by atoms with van der Waals surface area (Å²) < 4.78 is 14.0. The van der Waals surface area contributed by atoms with Gasteiger partial charge in [-0.05, 0) is 31.2 Å². The molecule has 4 heteroatoms. The fourth-order valence-electron chi connectivity index (χ4n) is 2.84. The van der Waals surface area contributed by atoms with Crippen LogP contribution in [0.25, 0.3) is 0 Å². The third-order valence-electron chi connectivity index (χ3n) is 4.04. The first-order chi connectivity index (χ1) is 10.0. The third kappa shape index (κ3) is 3.62. The van der Waals surface area contributed by atoms with E-state index in [1.165, 1.54) is 6.07 Å². The number of hydrogen-bond donors (Lipinski definition) is 1. The van der Waals surface area contributed by atoms with Gasteiger partial charge in [-0.15, -0.1) is 0 Å². The van der Waals surface area contributed by atoms with Crippen molar-refractivity contribution in [3.05, 3.63) is 35.6 Å². The number of carbonyl (C=O) groups excluding carboxylic acids is 1. The van der Waals surface area contributed by atoms with Crippen molar-refractivity contribution in [2.24, 2.45) is 5.92 Å². The number of benzene rings is 1. The molecule has 0 saturated carbocycles. The van der Waals surface area contributed by atoms with Gasteiger partial charge in [0, 0.05) is 12.1 Å². The highest BCUT2D eigenvalue weighted by Gasteiger charge is 2.39. The molecule has 1 aliphatic heterocycles. The van der Waals surface area contributed by atoms with Crippen molar-refractivity contribution < 1.29 is 9.18 Å². The van der Waals surface area contributed by atoms with Crippen molar-refractivity contribution in [2.45, 2.75) is 52.2 Å². The van der Waals surface area contributed by atoms with E-state index >= 15 is 0 Å². The number of hydrogen-bond acceptors (Lipinski definition) is 2. The van der Waals surface area contributed by atoms with Crippen LogP contribution in [0.15, 0.2) is 24.3 Å². The molecular formula is C17H25FN2O. The van der Waals surface area contributed by atoms with Crippen LogP contribution < -0.4 is 5.32 Å². The molecule has 2 rings (SSSR count). The summed E-state index contributed by atoms with van der Waals surface area (Å²) in [6.45, 7) is 7.01. The first-order valence-electron chi connectivity index (χ1n) is 7.85. The number of amides is 1. The Morgan fingerprint density at radius 2 is 2.05 bits per heavy atom. The van der Waals surface area contributed by atoms with Crippen LogP contribution >= 0.6 is 0 Å². The van der Waals surface area contributed by atoms with Crippen molar-refractivity contribution in [3.8, 4) is 0 Å². The molecule has 1 aromatic rings. The molecule has 1 aliphatic rings. The molecule has 21 heavy (non-hydrogen) atoms. The van der Waals surface area contributed by atoms with Gasteiger partial charge in [-0.1, -0.05) is 39.0 Å². The predicted octanol–water partition coefficient (Wildman–Crippen LogP) is 3.47. The lowest BCUT2D eigenvalue weighted by Crippen LogP contribution is -2.32. The Morgan fingerprint density at radius 3 is 2.67 bits per heavy atom. The van der Waals surface area contributed by atoms with Crippen molar-refractivity contribution in [1.29, 1.82) is 0 Å². The lowest BCUT2D eigenvalue weighted by molar-refractivity contribution is -0.130. The smallest absolute Gasteiger partial charge is 0.241 e. The Labute approximate surface area is 126 Å². The highest BCUT2D eigenvalue weighted by Crippen LogP contribution is 2.28. The Balaban J connectivity index is 2.16. The van der Waals surface area contributed by atoms with Gasteiger partial charge in [-0.3, -0.25) is 10.1 Å². The summed E-state index contributed by atoms with van der Waals surface area (Å²) in [5.41, 5.74) is 0.561. The molecule has 1 fully saturated rings. The van der Waals surface area contributed by atoms with Crippen molar-refractivity contribution >= 4 is 5.91 Å². The normalized spacial score (nSPS) is 22.3. The van der Waals surface area contributed by atoms with Crippen molar-refractivity contribution in [1.82, 2.24) is 10.2 Å². The molecule has 0 radical (unpaired) electrons. The van der Waals surface area contributed by atoms with Crippen LogP contribution in [0.2, 0.25) is 0 Å². The zero-order valence-electron chi connectivity index (χ0n) is 13.1. The molecule has 1 amide bonds. The van der Waals surface area contributed by atoms with Crippen molar-refractivity contribution in [2.75, 3.05) is 6.54 Å². The molecule has 0 aromatic heterocycles. The average Bonchev–Trinajstić information content (AvgIpc) is 2.76. The van der Waals surface area contributed by atoms with Crippen LogP contribution in [0.5, 0.6) is 0 Å². The maximum Gasteiger partial charge on any atom is 0.241 e. The molecule has 116 valence electrons.